The first-order valence-corrected chi connectivity index (χ1v) is 11.2. The number of anilines is 1. The van der Waals surface area contributed by atoms with Gasteiger partial charge >= 0.3 is 6.03 Å². The zero-order chi connectivity index (χ0) is 23.4. The van der Waals surface area contributed by atoms with E-state index < -0.39 is 0 Å². The van der Waals surface area contributed by atoms with E-state index in [-0.39, 0.29) is 23.6 Å². The molecule has 1 aliphatic carbocycles. The summed E-state index contributed by atoms with van der Waals surface area (Å²) in [6.07, 6.45) is 4.30. The van der Waals surface area contributed by atoms with E-state index in [0.29, 0.717) is 34.8 Å². The number of benzene rings is 2. The molecule has 0 aliphatic heterocycles. The van der Waals surface area contributed by atoms with Crippen LogP contribution in [0.15, 0.2) is 48.5 Å². The van der Waals surface area contributed by atoms with E-state index in [1.54, 1.807) is 36.4 Å². The minimum atomic E-state index is -0.344. The Hall–Kier alpha value is -3.81. The van der Waals surface area contributed by atoms with E-state index in [2.05, 4.69) is 15.7 Å². The highest BCUT2D eigenvalue weighted by molar-refractivity contribution is 6.06. The number of carbonyl (C=O) groups is 2. The normalized spacial score (nSPS) is 13.6. The number of nitrogens with one attached hydrogen (secondary N) is 2. The molecule has 0 atom stereocenters. The van der Waals surface area contributed by atoms with Gasteiger partial charge in [0, 0.05) is 29.8 Å². The fourth-order valence-electron chi connectivity index (χ4n) is 4.28. The molecular formula is C25H28N4O4. The highest BCUT2D eigenvalue weighted by Crippen LogP contribution is 2.38. The third-order valence-corrected chi connectivity index (χ3v) is 5.91. The van der Waals surface area contributed by atoms with Crippen molar-refractivity contribution in [1.82, 2.24) is 15.1 Å². The molecule has 1 saturated carbocycles. The summed E-state index contributed by atoms with van der Waals surface area (Å²) in [4.78, 5) is 25.2. The van der Waals surface area contributed by atoms with Crippen molar-refractivity contribution in [2.24, 2.45) is 0 Å². The van der Waals surface area contributed by atoms with Gasteiger partial charge in [0.1, 0.15) is 11.5 Å². The molecule has 33 heavy (non-hydrogen) atoms. The van der Waals surface area contributed by atoms with E-state index in [4.69, 9.17) is 4.74 Å². The number of hydrogen-bond donors (Lipinski definition) is 3. The van der Waals surface area contributed by atoms with Gasteiger partial charge in [-0.15, -0.1) is 0 Å². The average Bonchev–Trinajstić information content (AvgIpc) is 3.49. The second-order valence-corrected chi connectivity index (χ2v) is 8.07. The van der Waals surface area contributed by atoms with Crippen LogP contribution in [-0.2, 0) is 0 Å². The standard InChI is InChI=1S/C25H28N4O4/c1-3-26-25(32)29-21(16-8-4-5-9-16)15-20(28-29)18-13-12-17(14-22(18)30)27-24(31)19-10-6-7-11-23(19)33-2/h6-7,10-16,30H,3-5,8-9H2,1-2H3,(H,26,32)(H,27,31). The van der Waals surface area contributed by atoms with Crippen LogP contribution in [0.5, 0.6) is 11.5 Å². The van der Waals surface area contributed by atoms with Crippen LogP contribution in [0.1, 0.15) is 54.6 Å². The molecule has 0 saturated heterocycles. The SMILES string of the molecule is CCNC(=O)n1nc(-c2ccc(NC(=O)c3ccccc3OC)cc2O)cc1C1CCCC1. The minimum Gasteiger partial charge on any atom is -0.507 e. The molecule has 1 aliphatic rings. The number of aromatic hydroxyl groups is 1. The molecule has 0 spiro atoms. The molecule has 0 radical (unpaired) electrons. The topological polar surface area (TPSA) is 105 Å². The van der Waals surface area contributed by atoms with Crippen LogP contribution >= 0.6 is 0 Å². The van der Waals surface area contributed by atoms with Crippen molar-refractivity contribution in [2.75, 3.05) is 19.0 Å². The molecule has 1 fully saturated rings. The molecule has 172 valence electrons. The maximum atomic E-state index is 12.7. The number of ether oxygens (including phenoxy) is 1. The second kappa shape index (κ2) is 9.77. The molecule has 8 nitrogen and oxygen atoms in total. The molecule has 4 rings (SSSR count). The van der Waals surface area contributed by atoms with Crippen LogP contribution in [0.25, 0.3) is 11.3 Å². The van der Waals surface area contributed by atoms with Crippen LogP contribution in [0.3, 0.4) is 0 Å². The summed E-state index contributed by atoms with van der Waals surface area (Å²) in [5, 5.41) is 20.8. The number of para-hydroxylation sites is 1. The Balaban J connectivity index is 1.61. The molecule has 0 unspecified atom stereocenters. The van der Waals surface area contributed by atoms with Gasteiger partial charge in [-0.25, -0.2) is 4.79 Å². The van der Waals surface area contributed by atoms with Crippen LogP contribution in [0.4, 0.5) is 10.5 Å². The Morgan fingerprint density at radius 1 is 1.15 bits per heavy atom. The molecule has 1 heterocycles. The third-order valence-electron chi connectivity index (χ3n) is 5.91. The maximum Gasteiger partial charge on any atom is 0.342 e. The lowest BCUT2D eigenvalue weighted by Gasteiger charge is -2.11. The van der Waals surface area contributed by atoms with Gasteiger partial charge < -0.3 is 20.5 Å². The molecule has 0 bridgehead atoms. The molecule has 3 aromatic rings. The predicted molar refractivity (Wildman–Crippen MR) is 126 cm³/mol. The van der Waals surface area contributed by atoms with E-state index in [1.165, 1.54) is 17.9 Å². The molecular weight excluding hydrogens is 420 g/mol. The van der Waals surface area contributed by atoms with Gasteiger partial charge in [-0.1, -0.05) is 25.0 Å². The largest absolute Gasteiger partial charge is 0.507 e. The first-order valence-electron chi connectivity index (χ1n) is 11.2. The number of phenolic OH excluding ortho intramolecular Hbond substituents is 1. The number of aromatic nitrogens is 2. The minimum absolute atomic E-state index is 0.0358. The molecule has 1 aromatic heterocycles. The number of nitrogens with zero attached hydrogens (tertiary/aromatic N) is 2. The van der Waals surface area contributed by atoms with Gasteiger partial charge in [0.25, 0.3) is 5.91 Å². The number of rotatable bonds is 6. The number of methoxy groups -OCH3 is 1. The summed E-state index contributed by atoms with van der Waals surface area (Å²) in [5.41, 5.74) is 2.70. The summed E-state index contributed by atoms with van der Waals surface area (Å²) < 4.78 is 6.67. The number of phenols is 1. The Bertz CT molecular complexity index is 1160. The Morgan fingerprint density at radius 3 is 2.61 bits per heavy atom. The molecule has 8 heteroatoms. The lowest BCUT2D eigenvalue weighted by molar-refractivity contribution is 0.102. The zero-order valence-electron chi connectivity index (χ0n) is 18.8. The smallest absolute Gasteiger partial charge is 0.342 e. The number of amides is 2. The summed E-state index contributed by atoms with van der Waals surface area (Å²) in [5.74, 6) is 0.358. The molecule has 2 aromatic carbocycles. The van der Waals surface area contributed by atoms with Crippen LogP contribution < -0.4 is 15.4 Å². The Morgan fingerprint density at radius 2 is 1.91 bits per heavy atom. The van der Waals surface area contributed by atoms with Gasteiger partial charge in [-0.2, -0.15) is 9.78 Å². The number of carbonyl (C=O) groups excluding carboxylic acids is 2. The van der Waals surface area contributed by atoms with Crippen molar-refractivity contribution < 1.29 is 19.4 Å². The van der Waals surface area contributed by atoms with Crippen LogP contribution in [-0.4, -0.2) is 40.5 Å². The summed E-state index contributed by atoms with van der Waals surface area (Å²) in [7, 11) is 1.51. The van der Waals surface area contributed by atoms with E-state index in [1.807, 2.05) is 13.0 Å². The van der Waals surface area contributed by atoms with E-state index in [0.717, 1.165) is 31.4 Å². The van der Waals surface area contributed by atoms with Gasteiger partial charge in [0.2, 0.25) is 0 Å². The first-order chi connectivity index (χ1) is 16.0. The van der Waals surface area contributed by atoms with Crippen LogP contribution in [0.2, 0.25) is 0 Å². The van der Waals surface area contributed by atoms with Crippen molar-refractivity contribution in [3.05, 3.63) is 59.8 Å². The lowest BCUT2D eigenvalue weighted by Crippen LogP contribution is -2.30. The monoisotopic (exact) mass is 448 g/mol. The van der Waals surface area contributed by atoms with Gasteiger partial charge in [0.05, 0.1) is 24.1 Å². The van der Waals surface area contributed by atoms with E-state index >= 15 is 0 Å². The van der Waals surface area contributed by atoms with Crippen molar-refractivity contribution in [3.8, 4) is 22.8 Å². The summed E-state index contributed by atoms with van der Waals surface area (Å²) in [6.45, 7) is 2.37. The molecule has 3 N–H and O–H groups in total. The van der Waals surface area contributed by atoms with Gasteiger partial charge in [-0.05, 0) is 50.1 Å². The highest BCUT2D eigenvalue weighted by atomic mass is 16.5. The Labute approximate surface area is 192 Å². The molecule has 2 amide bonds. The number of hydrogen-bond acceptors (Lipinski definition) is 5. The summed E-state index contributed by atoms with van der Waals surface area (Å²) >= 11 is 0. The predicted octanol–water partition coefficient (Wildman–Crippen LogP) is 4.75. The van der Waals surface area contributed by atoms with Crippen molar-refractivity contribution in [3.63, 3.8) is 0 Å². The second-order valence-electron chi connectivity index (χ2n) is 8.07. The fourth-order valence-corrected chi connectivity index (χ4v) is 4.28. The lowest BCUT2D eigenvalue weighted by atomic mass is 10.0. The first kappa shape index (κ1) is 22.4. The van der Waals surface area contributed by atoms with Crippen molar-refractivity contribution >= 4 is 17.6 Å². The Kier molecular flexibility index (Phi) is 6.63. The quantitative estimate of drug-likeness (QED) is 0.505. The third kappa shape index (κ3) is 4.69. The zero-order valence-corrected chi connectivity index (χ0v) is 18.8. The van der Waals surface area contributed by atoms with Crippen molar-refractivity contribution in [2.45, 2.75) is 38.5 Å². The highest BCUT2D eigenvalue weighted by Gasteiger charge is 2.26. The summed E-state index contributed by atoms with van der Waals surface area (Å²) in [6, 6.07) is 13.4. The van der Waals surface area contributed by atoms with Gasteiger partial charge in [0.15, 0.2) is 0 Å². The maximum absolute atomic E-state index is 12.7. The fraction of sp³-hybridized carbons (Fsp3) is 0.320. The van der Waals surface area contributed by atoms with Crippen molar-refractivity contribution in [1.29, 1.82) is 0 Å². The van der Waals surface area contributed by atoms with E-state index in [9.17, 15) is 14.7 Å². The van der Waals surface area contributed by atoms with Crippen LogP contribution in [0, 0.1) is 0 Å². The average molecular weight is 449 g/mol. The van der Waals surface area contributed by atoms with Gasteiger partial charge in [-0.3, -0.25) is 4.79 Å².